The number of nitrogens with two attached hydrogens (primary N) is 2. The van der Waals surface area contributed by atoms with E-state index in [0.29, 0.717) is 0 Å². The van der Waals surface area contributed by atoms with Crippen LogP contribution in [0.5, 0.6) is 0 Å². The molecule has 0 saturated heterocycles. The molecule has 69 heavy (non-hydrogen) atoms. The Morgan fingerprint density at radius 3 is 1.48 bits per heavy atom. The van der Waals surface area contributed by atoms with Crippen molar-refractivity contribution in [1.29, 1.82) is 16.1 Å². The lowest BCUT2D eigenvalue weighted by Crippen LogP contribution is -2.32. The first-order valence-electron chi connectivity index (χ1n) is 20.1. The number of nitrogens with zero attached hydrogens (tertiary/aromatic N) is 9. The predicted molar refractivity (Wildman–Crippen MR) is 239 cm³/mol. The van der Waals surface area contributed by atoms with E-state index in [1.807, 2.05) is 0 Å². The van der Waals surface area contributed by atoms with Crippen LogP contribution in [-0.2, 0) is 58.9 Å². The monoisotopic (exact) mass is 979 g/mol. The molecule has 28 heteroatoms. The minimum absolute atomic E-state index is 0. The van der Waals surface area contributed by atoms with Crippen molar-refractivity contribution in [3.63, 3.8) is 0 Å². The average molecular weight is 980 g/mol. The fourth-order valence-electron chi connectivity index (χ4n) is 4.04. The maximum Gasteiger partial charge on any atom is 0.352 e. The number of nitriles is 2. The molecule has 3 rings (SSSR count). The van der Waals surface area contributed by atoms with Crippen LogP contribution >= 0.6 is 0 Å². The Labute approximate surface area is 398 Å². The predicted octanol–water partition coefficient (Wildman–Crippen LogP) is 3.55. The van der Waals surface area contributed by atoms with Crippen LogP contribution in [0.3, 0.4) is 0 Å². The third kappa shape index (κ3) is 33.1. The summed E-state index contributed by atoms with van der Waals surface area (Å²) in [5, 5.41) is 34.6. The third-order valence-corrected chi connectivity index (χ3v) is 6.32. The number of carboxylic acids is 1. The van der Waals surface area contributed by atoms with Gasteiger partial charge in [0.1, 0.15) is 41.9 Å². The molecule has 0 aliphatic carbocycles. The Bertz CT molecular complexity index is 2250. The molecule has 0 aliphatic heterocycles. The summed E-state index contributed by atoms with van der Waals surface area (Å²) in [5.74, 6) is -4.05. The summed E-state index contributed by atoms with van der Waals surface area (Å²) in [6.07, 6.45) is 5.31. The minimum Gasteiger partial charge on any atom is -0.481 e. The van der Waals surface area contributed by atoms with E-state index < -0.39 is 57.8 Å². The zero-order chi connectivity index (χ0) is 53.1. The zero-order valence-electron chi connectivity index (χ0n) is 40.2. The Kier molecular flexibility index (Phi) is 29.3. The van der Waals surface area contributed by atoms with E-state index in [0.717, 1.165) is 15.4 Å². The summed E-state index contributed by atoms with van der Waals surface area (Å²) < 4.78 is 30.6. The summed E-state index contributed by atoms with van der Waals surface area (Å²) in [6, 6.07) is 0. The molecule has 0 saturated carbocycles. The van der Waals surface area contributed by atoms with Gasteiger partial charge >= 0.3 is 35.5 Å². The topological polar surface area (TPSA) is 425 Å². The Balaban J connectivity index is -0.000000817. The molecule has 2 amide bonds. The molecule has 0 bridgehead atoms. The summed E-state index contributed by atoms with van der Waals surface area (Å²) >= 11 is 0. The molecular formula is C41H65N13O15. The van der Waals surface area contributed by atoms with Gasteiger partial charge in [0, 0.05) is 0 Å². The van der Waals surface area contributed by atoms with Crippen LogP contribution in [0.4, 0.5) is 5.82 Å². The number of ether oxygens (including phenoxy) is 6. The van der Waals surface area contributed by atoms with E-state index in [4.69, 9.17) is 51.6 Å². The molecule has 0 aromatic carbocycles. The first kappa shape index (κ1) is 65.2. The van der Waals surface area contributed by atoms with Gasteiger partial charge in [-0.05, 0) is 83.1 Å². The maximum atomic E-state index is 12.1. The summed E-state index contributed by atoms with van der Waals surface area (Å²) in [5.41, 5.74) is 13.8. The second-order valence-corrected chi connectivity index (χ2v) is 17.2. The van der Waals surface area contributed by atoms with E-state index in [1.54, 1.807) is 83.1 Å². The average Bonchev–Trinajstić information content (AvgIpc) is 3.84. The number of aliphatic carboxylic acids is 1. The van der Waals surface area contributed by atoms with Gasteiger partial charge < -0.3 is 50.0 Å². The fraction of sp³-hybridized carbons (Fsp3) is 0.610. The van der Waals surface area contributed by atoms with E-state index in [2.05, 4.69) is 39.9 Å². The first-order chi connectivity index (χ1) is 31.2. The normalized spacial score (nSPS) is 10.5. The number of imidazole rings is 2. The lowest BCUT2D eigenvalue weighted by molar-refractivity contribution is -0.157. The van der Waals surface area contributed by atoms with E-state index >= 15 is 0 Å². The highest BCUT2D eigenvalue weighted by Gasteiger charge is 2.20. The van der Waals surface area contributed by atoms with Gasteiger partial charge in [-0.3, -0.25) is 33.6 Å². The van der Waals surface area contributed by atoms with Gasteiger partial charge in [-0.2, -0.15) is 15.2 Å². The van der Waals surface area contributed by atoms with Crippen LogP contribution in [-0.4, -0.2) is 117 Å². The number of carbonyl (C=O) groups excluding carboxylic acids is 6. The smallest absolute Gasteiger partial charge is 0.352 e. The number of hydrogen-bond acceptors (Lipinski definition) is 22. The molecule has 7 N–H and O–H groups in total. The first-order valence-corrected chi connectivity index (χ1v) is 20.1. The maximum absolute atomic E-state index is 12.1. The second-order valence-electron chi connectivity index (χ2n) is 17.2. The van der Waals surface area contributed by atoms with Crippen LogP contribution in [0.2, 0.25) is 0 Å². The number of aromatic nitrogens is 7. The van der Waals surface area contributed by atoms with Gasteiger partial charge in [-0.25, -0.2) is 24.7 Å². The molecule has 0 radical (unpaired) electrons. The van der Waals surface area contributed by atoms with Crippen LogP contribution in [0, 0.1) is 28.6 Å². The molecule has 0 spiro atoms. The third-order valence-electron chi connectivity index (χ3n) is 6.32. The molecular weight excluding hydrogens is 915 g/mol. The molecule has 3 aromatic rings. The minimum atomic E-state index is -0.985. The molecule has 384 valence electrons. The van der Waals surface area contributed by atoms with Gasteiger partial charge in [0.2, 0.25) is 5.82 Å². The highest BCUT2D eigenvalue weighted by atomic mass is 16.6. The molecule has 0 fully saturated rings. The number of hydrogen-bond donors (Lipinski definition) is 5. The van der Waals surface area contributed by atoms with Gasteiger partial charge in [-0.1, -0.05) is 12.6 Å². The van der Waals surface area contributed by atoms with Gasteiger partial charge in [-0.15, -0.1) is 10.2 Å². The number of nitrogens with one attached hydrogen (secondary N) is 2. The number of primary amides is 2. The number of amides is 2. The lowest BCUT2D eigenvalue weighted by Gasteiger charge is -2.19. The highest BCUT2D eigenvalue weighted by Crippen LogP contribution is 2.12. The number of aryl methyl sites for hydroxylation is 1. The van der Waals surface area contributed by atoms with Crippen LogP contribution < -0.4 is 17.2 Å². The van der Waals surface area contributed by atoms with Crippen molar-refractivity contribution >= 4 is 53.1 Å². The quantitative estimate of drug-likeness (QED) is 0.0478. The molecule has 0 unspecified atom stereocenters. The van der Waals surface area contributed by atoms with Gasteiger partial charge in [0.25, 0.3) is 24.3 Å². The molecule has 3 aromatic heterocycles. The van der Waals surface area contributed by atoms with Crippen molar-refractivity contribution in [2.45, 2.75) is 152 Å². The van der Waals surface area contributed by atoms with Crippen molar-refractivity contribution in [3.8, 4) is 12.5 Å². The van der Waals surface area contributed by atoms with Crippen molar-refractivity contribution < 1.29 is 67.1 Å². The fourth-order valence-corrected chi connectivity index (χ4v) is 4.04. The summed E-state index contributed by atoms with van der Waals surface area (Å²) in [7, 11) is 0. The van der Waals surface area contributed by atoms with Crippen molar-refractivity contribution in [1.82, 2.24) is 34.3 Å². The Hall–Kier alpha value is -8.04. The lowest BCUT2D eigenvalue weighted by atomic mass is 10.2. The van der Waals surface area contributed by atoms with Crippen LogP contribution in [0.1, 0.15) is 144 Å². The number of fused-ring (bicyclic) bond motifs is 1. The van der Waals surface area contributed by atoms with E-state index in [1.165, 1.54) is 18.8 Å². The van der Waals surface area contributed by atoms with Crippen LogP contribution in [0.15, 0.2) is 22.6 Å². The van der Waals surface area contributed by atoms with E-state index in [-0.39, 0.29) is 94.1 Å². The van der Waals surface area contributed by atoms with Gasteiger partial charge in [0.15, 0.2) is 17.0 Å². The molecule has 0 atom stereocenters. The van der Waals surface area contributed by atoms with Crippen molar-refractivity contribution in [2.75, 3.05) is 13.2 Å². The number of H-pyrrole nitrogens is 1. The van der Waals surface area contributed by atoms with Gasteiger partial charge in [0.05, 0.1) is 45.0 Å². The number of carbonyl (C=O) groups is 7. The number of esters is 4. The SMILES string of the molecule is C.CC(C)(C)OC(=O)CCC(=O)O.CC(C)(C)OC(=O)CCOC#N.CC(C)(C)OC(=O)CCOC#N.CC(C)(C)OC(=O)CCn1nnc2c(C(N)=O)ncn2c1=O.N=Nc1nc[nH]c1C(N)=O. The zero-order valence-corrected chi connectivity index (χ0v) is 40.2. The number of rotatable bonds is 15. The van der Waals surface area contributed by atoms with Crippen LogP contribution in [0.25, 0.3) is 5.65 Å². The largest absolute Gasteiger partial charge is 0.481 e. The van der Waals surface area contributed by atoms with Crippen molar-refractivity contribution in [2.24, 2.45) is 16.6 Å². The number of carboxylic acid groups (broad SMARTS) is 1. The number of aromatic amines is 1. The highest BCUT2D eigenvalue weighted by molar-refractivity contribution is 5.96. The molecule has 3 heterocycles. The molecule has 0 aliphatic rings. The Morgan fingerprint density at radius 2 is 1.13 bits per heavy atom. The second kappa shape index (κ2) is 31.0. The molecule has 28 nitrogen and oxygen atoms in total. The summed E-state index contributed by atoms with van der Waals surface area (Å²) in [4.78, 5) is 97.9. The standard InChI is InChI=1S/C12H16N6O4.2C8H13NO3.C8H14O4.C4H5N5O.CH4/c1-12(2,3)22-7(19)4-5-18-11(21)17-6-14-8(9(13)20)10(17)15-16-18;2*1-8(2,3)12-7(10)4-5-11-6-9;1-8(2,3)12-7(11)5-4-6(9)10;5-3(10)2-4(9-6)8-1-7-2;/h6H,4-5H2,1-3H3,(H2,13,20);2*4-5H2,1-3H3;4-5H2,1-3H3,(H,9,10);1,6H,(H2,5,10)(H,7,8);1H4. The van der Waals surface area contributed by atoms with Crippen molar-refractivity contribution in [3.05, 3.63) is 34.5 Å². The summed E-state index contributed by atoms with van der Waals surface area (Å²) in [6.45, 7) is 21.4. The Morgan fingerprint density at radius 1 is 0.710 bits per heavy atom. The van der Waals surface area contributed by atoms with E-state index in [9.17, 15) is 38.4 Å².